The first-order valence-corrected chi connectivity index (χ1v) is 5.88. The van der Waals surface area contributed by atoms with Crippen LogP contribution in [0.4, 0.5) is 0 Å². The number of nitrogens with one attached hydrogen (secondary N) is 2. The fourth-order valence-corrected chi connectivity index (χ4v) is 1.54. The lowest BCUT2D eigenvalue weighted by atomic mass is 10.2. The lowest BCUT2D eigenvalue weighted by molar-refractivity contribution is 0.256. The summed E-state index contributed by atoms with van der Waals surface area (Å²) in [5.74, 6) is 0.958. The Kier molecular flexibility index (Phi) is 4.88. The molecule has 2 unspecified atom stereocenters. The summed E-state index contributed by atoms with van der Waals surface area (Å²) in [6.07, 6.45) is 1.20. The summed E-state index contributed by atoms with van der Waals surface area (Å²) in [4.78, 5) is 6.72. The Bertz CT molecular complexity index is 215. The van der Waals surface area contributed by atoms with Crippen molar-refractivity contribution in [3.63, 3.8) is 0 Å². The predicted molar refractivity (Wildman–Crippen MR) is 65.3 cm³/mol. The van der Waals surface area contributed by atoms with Crippen molar-refractivity contribution in [3.05, 3.63) is 0 Å². The number of rotatable bonds is 5. The van der Waals surface area contributed by atoms with Gasteiger partial charge in [0.05, 0.1) is 6.54 Å². The van der Waals surface area contributed by atoms with Crippen LogP contribution in [0.15, 0.2) is 4.99 Å². The first kappa shape index (κ1) is 12.3. The van der Waals surface area contributed by atoms with E-state index in [0.717, 1.165) is 25.6 Å². The van der Waals surface area contributed by atoms with Crippen molar-refractivity contribution in [1.82, 2.24) is 15.5 Å². The minimum atomic E-state index is 0.486. The molecule has 0 aromatic rings. The van der Waals surface area contributed by atoms with Crippen molar-refractivity contribution in [2.24, 2.45) is 4.99 Å². The molecule has 0 aromatic heterocycles. The number of hydrogen-bond acceptors (Lipinski definition) is 4. The van der Waals surface area contributed by atoms with Gasteiger partial charge in [0.15, 0.2) is 5.96 Å². The summed E-state index contributed by atoms with van der Waals surface area (Å²) in [7, 11) is 2.17. The van der Waals surface area contributed by atoms with E-state index in [1.54, 1.807) is 0 Å². The van der Waals surface area contributed by atoms with Gasteiger partial charge in [-0.2, -0.15) is 0 Å². The lowest BCUT2D eigenvalue weighted by Crippen LogP contribution is -2.42. The zero-order chi connectivity index (χ0) is 11.3. The Balaban J connectivity index is 2.11. The normalized spacial score (nSPS) is 22.5. The zero-order valence-corrected chi connectivity index (χ0v) is 10.4. The van der Waals surface area contributed by atoms with Crippen molar-refractivity contribution < 1.29 is 0 Å². The minimum Gasteiger partial charge on any atom is -0.355 e. The smallest absolute Gasteiger partial charge is 0.191 e. The second kappa shape index (κ2) is 5.95. The standard InChI is InChI=1S/C11H24N4/c1-5-10(3)15(4)7-6-12-11-13-8-9(2)14-11/h9-10H,5-8H2,1-4H3,(H2,12,13,14). The van der Waals surface area contributed by atoms with E-state index in [1.807, 2.05) is 0 Å². The molecule has 15 heavy (non-hydrogen) atoms. The molecule has 0 radical (unpaired) electrons. The van der Waals surface area contributed by atoms with Crippen LogP contribution in [0.2, 0.25) is 0 Å². The third-order valence-corrected chi connectivity index (χ3v) is 3.01. The fraction of sp³-hybridized carbons (Fsp3) is 0.909. The van der Waals surface area contributed by atoms with Gasteiger partial charge in [0.1, 0.15) is 0 Å². The maximum atomic E-state index is 4.35. The summed E-state index contributed by atoms with van der Waals surface area (Å²) >= 11 is 0. The molecule has 88 valence electrons. The predicted octanol–water partition coefficient (Wildman–Crippen LogP) is 0.654. The average molecular weight is 212 g/mol. The lowest BCUT2D eigenvalue weighted by Gasteiger charge is -2.23. The number of guanidine groups is 1. The molecule has 0 saturated heterocycles. The highest BCUT2D eigenvalue weighted by Gasteiger charge is 2.12. The van der Waals surface area contributed by atoms with E-state index in [9.17, 15) is 0 Å². The molecule has 2 atom stereocenters. The van der Waals surface area contributed by atoms with Gasteiger partial charge in [-0.05, 0) is 27.3 Å². The Hall–Kier alpha value is -0.770. The molecule has 0 bridgehead atoms. The molecule has 1 aliphatic rings. The van der Waals surface area contributed by atoms with Crippen LogP contribution in [0.1, 0.15) is 27.2 Å². The van der Waals surface area contributed by atoms with E-state index in [2.05, 4.69) is 48.3 Å². The largest absolute Gasteiger partial charge is 0.355 e. The number of likely N-dealkylation sites (N-methyl/N-ethyl adjacent to an activating group) is 1. The van der Waals surface area contributed by atoms with Gasteiger partial charge in [-0.25, -0.2) is 0 Å². The molecule has 0 amide bonds. The van der Waals surface area contributed by atoms with Crippen LogP contribution < -0.4 is 10.6 Å². The Labute approximate surface area is 93.1 Å². The highest BCUT2D eigenvalue weighted by molar-refractivity contribution is 5.81. The van der Waals surface area contributed by atoms with Crippen LogP contribution in [-0.2, 0) is 0 Å². The quantitative estimate of drug-likeness (QED) is 0.703. The van der Waals surface area contributed by atoms with E-state index in [0.29, 0.717) is 12.1 Å². The molecule has 0 aliphatic carbocycles. The molecular formula is C11H24N4. The van der Waals surface area contributed by atoms with Crippen molar-refractivity contribution in [3.8, 4) is 0 Å². The molecule has 1 aliphatic heterocycles. The summed E-state index contributed by atoms with van der Waals surface area (Å²) in [5.41, 5.74) is 0. The SMILES string of the molecule is CCC(C)N(C)CCNC1=NCC(C)N1. The first-order valence-electron chi connectivity index (χ1n) is 5.88. The van der Waals surface area contributed by atoms with Gasteiger partial charge in [-0.3, -0.25) is 4.99 Å². The minimum absolute atomic E-state index is 0.486. The van der Waals surface area contributed by atoms with Crippen molar-refractivity contribution >= 4 is 5.96 Å². The molecular weight excluding hydrogens is 188 g/mol. The molecule has 0 saturated carbocycles. The summed E-state index contributed by atoms with van der Waals surface area (Å²) < 4.78 is 0. The van der Waals surface area contributed by atoms with E-state index in [1.165, 1.54) is 6.42 Å². The van der Waals surface area contributed by atoms with Gasteiger partial charge in [-0.15, -0.1) is 0 Å². The molecule has 0 spiro atoms. The van der Waals surface area contributed by atoms with Gasteiger partial charge < -0.3 is 15.5 Å². The van der Waals surface area contributed by atoms with Crippen LogP contribution in [0.25, 0.3) is 0 Å². The fourth-order valence-electron chi connectivity index (χ4n) is 1.54. The molecule has 1 rings (SSSR count). The van der Waals surface area contributed by atoms with Gasteiger partial charge >= 0.3 is 0 Å². The highest BCUT2D eigenvalue weighted by Crippen LogP contribution is 1.98. The van der Waals surface area contributed by atoms with Crippen molar-refractivity contribution in [1.29, 1.82) is 0 Å². The second-order valence-electron chi connectivity index (χ2n) is 4.40. The van der Waals surface area contributed by atoms with Crippen LogP contribution in [0.3, 0.4) is 0 Å². The first-order chi connectivity index (χ1) is 7.13. The molecule has 4 heteroatoms. The molecule has 0 aromatic carbocycles. The van der Waals surface area contributed by atoms with Crippen molar-refractivity contribution in [2.75, 3.05) is 26.7 Å². The monoisotopic (exact) mass is 212 g/mol. The topological polar surface area (TPSA) is 39.7 Å². The summed E-state index contributed by atoms with van der Waals surface area (Å²) in [6.45, 7) is 9.53. The Morgan fingerprint density at radius 1 is 1.67 bits per heavy atom. The molecule has 1 heterocycles. The van der Waals surface area contributed by atoms with Gasteiger partial charge in [0.25, 0.3) is 0 Å². The Morgan fingerprint density at radius 3 is 2.93 bits per heavy atom. The highest BCUT2D eigenvalue weighted by atomic mass is 15.2. The van der Waals surface area contributed by atoms with Gasteiger partial charge in [-0.1, -0.05) is 6.92 Å². The Morgan fingerprint density at radius 2 is 2.40 bits per heavy atom. The van der Waals surface area contributed by atoms with E-state index < -0.39 is 0 Å². The zero-order valence-electron chi connectivity index (χ0n) is 10.4. The average Bonchev–Trinajstić information content (AvgIpc) is 2.63. The summed E-state index contributed by atoms with van der Waals surface area (Å²) in [5, 5.41) is 6.61. The molecule has 0 fully saturated rings. The van der Waals surface area contributed by atoms with Crippen LogP contribution >= 0.6 is 0 Å². The van der Waals surface area contributed by atoms with Crippen LogP contribution in [0, 0.1) is 0 Å². The van der Waals surface area contributed by atoms with E-state index >= 15 is 0 Å². The van der Waals surface area contributed by atoms with Gasteiger partial charge in [0, 0.05) is 25.2 Å². The maximum Gasteiger partial charge on any atom is 0.191 e. The number of nitrogens with zero attached hydrogens (tertiary/aromatic N) is 2. The van der Waals surface area contributed by atoms with E-state index in [4.69, 9.17) is 0 Å². The van der Waals surface area contributed by atoms with Crippen LogP contribution in [-0.4, -0.2) is 49.6 Å². The summed E-state index contributed by atoms with van der Waals surface area (Å²) in [6, 6.07) is 1.14. The van der Waals surface area contributed by atoms with Crippen LogP contribution in [0.5, 0.6) is 0 Å². The third kappa shape index (κ3) is 4.08. The van der Waals surface area contributed by atoms with Gasteiger partial charge in [0.2, 0.25) is 0 Å². The molecule has 4 nitrogen and oxygen atoms in total. The molecule has 2 N–H and O–H groups in total. The number of hydrogen-bond donors (Lipinski definition) is 2. The van der Waals surface area contributed by atoms with Crippen molar-refractivity contribution in [2.45, 2.75) is 39.3 Å². The second-order valence-corrected chi connectivity index (χ2v) is 4.40. The number of aliphatic imine (C=N–C) groups is 1. The van der Waals surface area contributed by atoms with E-state index in [-0.39, 0.29) is 0 Å². The third-order valence-electron chi connectivity index (χ3n) is 3.01. The maximum absolute atomic E-state index is 4.35.